The van der Waals surface area contributed by atoms with Gasteiger partial charge in [-0.3, -0.25) is 19.5 Å². The number of amides is 3. The van der Waals surface area contributed by atoms with Gasteiger partial charge in [0, 0.05) is 32.0 Å². The van der Waals surface area contributed by atoms with Gasteiger partial charge in [-0.2, -0.15) is 0 Å². The van der Waals surface area contributed by atoms with Crippen LogP contribution in [0.4, 0.5) is 9.59 Å². The first-order valence-corrected chi connectivity index (χ1v) is 14.9. The zero-order valence-electron chi connectivity index (χ0n) is 25.6. The molecule has 3 atom stereocenters. The number of nitrogens with zero attached hydrogens (tertiary/aromatic N) is 2. The molecule has 11 heteroatoms. The van der Waals surface area contributed by atoms with Crippen molar-refractivity contribution in [3.63, 3.8) is 0 Å². The second-order valence-corrected chi connectivity index (χ2v) is 11.9. The number of Topliss-reactive ketones (excluding diaryl/α,β-unsaturated/α-hetero) is 1. The predicted molar refractivity (Wildman–Crippen MR) is 162 cm³/mol. The molecule has 11 nitrogen and oxygen atoms in total. The van der Waals surface area contributed by atoms with Crippen molar-refractivity contribution in [2.24, 2.45) is 17.8 Å². The lowest BCUT2D eigenvalue weighted by molar-refractivity contribution is -0.127. The summed E-state index contributed by atoms with van der Waals surface area (Å²) in [7, 11) is 0. The van der Waals surface area contributed by atoms with Crippen LogP contribution in [0.3, 0.4) is 0 Å². The Hall–Kier alpha value is -3.99. The fraction of sp³-hybridized carbons (Fsp3) is 0.531. The molecule has 1 aliphatic heterocycles. The lowest BCUT2D eigenvalue weighted by atomic mass is 9.96. The van der Waals surface area contributed by atoms with E-state index in [9.17, 15) is 19.2 Å². The highest BCUT2D eigenvalue weighted by molar-refractivity contribution is 5.94. The maximum atomic E-state index is 13.2. The third kappa shape index (κ3) is 12.4. The molecule has 3 rings (SSSR count). The van der Waals surface area contributed by atoms with Crippen LogP contribution in [0.1, 0.15) is 51.7 Å². The van der Waals surface area contributed by atoms with Gasteiger partial charge in [-0.05, 0) is 53.9 Å². The Bertz CT molecular complexity index is 1180. The zero-order valence-corrected chi connectivity index (χ0v) is 25.6. The third-order valence-corrected chi connectivity index (χ3v) is 7.03. The Kier molecular flexibility index (Phi) is 13.4. The van der Waals surface area contributed by atoms with Crippen LogP contribution in [0.2, 0.25) is 0 Å². The number of likely N-dealkylation sites (tertiary alicyclic amines) is 1. The molecule has 3 N–H and O–H groups in total. The maximum absolute atomic E-state index is 13.2. The minimum Gasteiger partial charge on any atom is -0.445 e. The fourth-order valence-corrected chi connectivity index (χ4v) is 5.06. The van der Waals surface area contributed by atoms with Gasteiger partial charge in [0.1, 0.15) is 25.3 Å². The highest BCUT2D eigenvalue weighted by Crippen LogP contribution is 2.17. The predicted octanol–water partition coefficient (Wildman–Crippen LogP) is 3.68. The van der Waals surface area contributed by atoms with Gasteiger partial charge in [-0.1, -0.05) is 58.0 Å². The van der Waals surface area contributed by atoms with E-state index in [4.69, 9.17) is 9.47 Å². The molecule has 2 aromatic rings. The van der Waals surface area contributed by atoms with E-state index in [0.717, 1.165) is 17.5 Å². The van der Waals surface area contributed by atoms with Gasteiger partial charge in [-0.25, -0.2) is 9.59 Å². The van der Waals surface area contributed by atoms with Crippen LogP contribution in [-0.4, -0.2) is 72.0 Å². The number of alkyl carbamates (subject to hydrolysis) is 2. The minimum absolute atomic E-state index is 0.0532. The van der Waals surface area contributed by atoms with Crippen LogP contribution < -0.4 is 16.0 Å². The summed E-state index contributed by atoms with van der Waals surface area (Å²) in [6, 6.07) is 11.4. The molecule has 1 unspecified atom stereocenters. The molecule has 3 amide bonds. The quantitative estimate of drug-likeness (QED) is 0.284. The van der Waals surface area contributed by atoms with Crippen LogP contribution in [0.5, 0.6) is 0 Å². The Morgan fingerprint density at radius 3 is 2.19 bits per heavy atom. The van der Waals surface area contributed by atoms with Crippen LogP contribution in [-0.2, 0) is 32.3 Å². The number of hydrogen-bond donors (Lipinski definition) is 3. The molecule has 43 heavy (non-hydrogen) atoms. The van der Waals surface area contributed by atoms with Crippen LogP contribution >= 0.6 is 0 Å². The van der Waals surface area contributed by atoms with Gasteiger partial charge in [0.05, 0.1) is 6.54 Å². The van der Waals surface area contributed by atoms with E-state index in [0.29, 0.717) is 32.0 Å². The van der Waals surface area contributed by atoms with Crippen molar-refractivity contribution >= 4 is 23.9 Å². The van der Waals surface area contributed by atoms with Gasteiger partial charge >= 0.3 is 12.2 Å². The summed E-state index contributed by atoms with van der Waals surface area (Å²) in [6.07, 6.45) is 3.27. The van der Waals surface area contributed by atoms with Gasteiger partial charge in [-0.15, -0.1) is 0 Å². The molecule has 1 aliphatic rings. The number of ether oxygens (including phenoxy) is 2. The number of pyridine rings is 1. The van der Waals surface area contributed by atoms with Crippen molar-refractivity contribution in [3.8, 4) is 0 Å². The Morgan fingerprint density at radius 2 is 1.53 bits per heavy atom. The average Bonchev–Trinajstić information content (AvgIpc) is 3.31. The number of aromatic nitrogens is 1. The standard InChI is InChI=1S/C32H45N5O6/c1-22(2)14-26(16-34-31(40)42-20-24-8-6-5-7-9-24)17-37-18-28(29(38)19-37)35-30(39)27(15-23(3)4)36-32(41)43-21-25-10-12-33-13-11-25/h5-13,22-23,26-28H,14-21H2,1-4H3,(H,34,40)(H,35,39)(H,36,41)/t26-,27-,28?/m0/s1. The summed E-state index contributed by atoms with van der Waals surface area (Å²) < 4.78 is 10.6. The largest absolute Gasteiger partial charge is 0.445 e. The summed E-state index contributed by atoms with van der Waals surface area (Å²) in [5.74, 6) is 0.0987. The molecule has 1 aromatic carbocycles. The minimum atomic E-state index is -0.841. The molecule has 1 saturated heterocycles. The number of rotatable bonds is 15. The highest BCUT2D eigenvalue weighted by atomic mass is 16.6. The highest BCUT2D eigenvalue weighted by Gasteiger charge is 2.35. The Morgan fingerprint density at radius 1 is 0.907 bits per heavy atom. The van der Waals surface area contributed by atoms with Crippen molar-refractivity contribution < 1.29 is 28.7 Å². The number of benzene rings is 1. The lowest BCUT2D eigenvalue weighted by Gasteiger charge is -2.25. The first kappa shape index (κ1) is 33.5. The van der Waals surface area contributed by atoms with Crippen molar-refractivity contribution in [2.45, 2.75) is 65.8 Å². The molecule has 0 bridgehead atoms. The molecule has 1 fully saturated rings. The molecule has 0 radical (unpaired) electrons. The molecule has 0 spiro atoms. The molecular formula is C32H45N5O6. The van der Waals surface area contributed by atoms with Gasteiger partial charge in [0.15, 0.2) is 5.78 Å². The van der Waals surface area contributed by atoms with E-state index in [2.05, 4.69) is 34.8 Å². The summed E-state index contributed by atoms with van der Waals surface area (Å²) >= 11 is 0. The van der Waals surface area contributed by atoms with Gasteiger partial charge in [0.2, 0.25) is 5.91 Å². The molecule has 0 saturated carbocycles. The normalized spacial score (nSPS) is 16.5. The molecule has 1 aromatic heterocycles. The fourth-order valence-electron chi connectivity index (χ4n) is 5.06. The van der Waals surface area contributed by atoms with Crippen LogP contribution in [0.15, 0.2) is 54.9 Å². The summed E-state index contributed by atoms with van der Waals surface area (Å²) in [6.45, 7) is 9.94. The van der Waals surface area contributed by atoms with E-state index in [1.165, 1.54) is 0 Å². The smallest absolute Gasteiger partial charge is 0.408 e. The third-order valence-electron chi connectivity index (χ3n) is 7.03. The Balaban J connectivity index is 1.49. The first-order valence-electron chi connectivity index (χ1n) is 14.9. The van der Waals surface area contributed by atoms with E-state index >= 15 is 0 Å². The average molecular weight is 596 g/mol. The van der Waals surface area contributed by atoms with Crippen LogP contribution in [0.25, 0.3) is 0 Å². The van der Waals surface area contributed by atoms with E-state index in [1.54, 1.807) is 24.5 Å². The van der Waals surface area contributed by atoms with Crippen LogP contribution in [0, 0.1) is 17.8 Å². The lowest BCUT2D eigenvalue weighted by Crippen LogP contribution is -2.52. The SMILES string of the molecule is CC(C)C[C@@H](CNC(=O)OCc1ccccc1)CN1CC(=O)C(NC(=O)[C@H](CC(C)C)NC(=O)OCc2ccncc2)C1. The monoisotopic (exact) mass is 595 g/mol. The summed E-state index contributed by atoms with van der Waals surface area (Å²) in [5, 5.41) is 8.36. The first-order chi connectivity index (χ1) is 20.6. The number of carbonyl (C=O) groups is 4. The molecular weight excluding hydrogens is 550 g/mol. The van der Waals surface area contributed by atoms with Crippen molar-refractivity contribution in [1.29, 1.82) is 0 Å². The number of nitrogens with one attached hydrogen (secondary N) is 3. The van der Waals surface area contributed by atoms with Crippen molar-refractivity contribution in [2.75, 3.05) is 26.2 Å². The van der Waals surface area contributed by atoms with Gasteiger partial charge < -0.3 is 25.4 Å². The molecule has 0 aliphatic carbocycles. The van der Waals surface area contributed by atoms with Gasteiger partial charge in [0.25, 0.3) is 0 Å². The second-order valence-electron chi connectivity index (χ2n) is 11.9. The number of carbonyl (C=O) groups excluding carboxylic acids is 4. The molecule has 234 valence electrons. The topological polar surface area (TPSA) is 139 Å². The number of hydrogen-bond acceptors (Lipinski definition) is 8. The maximum Gasteiger partial charge on any atom is 0.408 e. The second kappa shape index (κ2) is 17.2. The summed E-state index contributed by atoms with van der Waals surface area (Å²) in [5.41, 5.74) is 1.69. The zero-order chi connectivity index (χ0) is 31.2. The van der Waals surface area contributed by atoms with E-state index < -0.39 is 30.2 Å². The van der Waals surface area contributed by atoms with Crippen molar-refractivity contribution in [3.05, 3.63) is 66.0 Å². The number of ketones is 1. The van der Waals surface area contributed by atoms with Crippen molar-refractivity contribution in [1.82, 2.24) is 25.8 Å². The summed E-state index contributed by atoms with van der Waals surface area (Å²) in [4.78, 5) is 56.8. The van der Waals surface area contributed by atoms with E-state index in [-0.39, 0.29) is 37.4 Å². The Labute approximate surface area is 254 Å². The molecule has 2 heterocycles. The van der Waals surface area contributed by atoms with E-state index in [1.807, 2.05) is 49.1 Å².